The third-order valence-electron chi connectivity index (χ3n) is 7.05. The topological polar surface area (TPSA) is 0 Å². The zero-order valence-corrected chi connectivity index (χ0v) is 16.6. The number of halogens is 2. The molecule has 0 nitrogen and oxygen atoms in total. The molecule has 0 saturated heterocycles. The van der Waals surface area contributed by atoms with E-state index in [1.54, 1.807) is 18.2 Å². The van der Waals surface area contributed by atoms with Crippen LogP contribution >= 0.6 is 0 Å². The van der Waals surface area contributed by atoms with E-state index in [-0.39, 0.29) is 11.6 Å². The van der Waals surface area contributed by atoms with E-state index in [1.807, 2.05) is 12.1 Å². The summed E-state index contributed by atoms with van der Waals surface area (Å²) >= 11 is 0. The second-order valence-corrected chi connectivity index (χ2v) is 8.76. The molecule has 1 fully saturated rings. The molecule has 2 aliphatic rings. The Morgan fingerprint density at radius 3 is 2.36 bits per heavy atom. The Balaban J connectivity index is 1.44. The standard InChI is InChI=1S/C26H30F2/c1-2-3-4-18-5-7-19(8-6-18)21-9-10-22-16-25(26(28)17-23(22)15-21)20-11-13-24(27)14-12-20/h2,11-14,16-19,21H,1,3-10,15H2. The van der Waals surface area contributed by atoms with Gasteiger partial charge >= 0.3 is 0 Å². The molecule has 148 valence electrons. The van der Waals surface area contributed by atoms with Crippen LogP contribution in [0.15, 0.2) is 49.1 Å². The van der Waals surface area contributed by atoms with Crippen molar-refractivity contribution in [1.29, 1.82) is 0 Å². The van der Waals surface area contributed by atoms with Gasteiger partial charge in [0.15, 0.2) is 0 Å². The van der Waals surface area contributed by atoms with Crippen LogP contribution in [0.1, 0.15) is 56.1 Å². The summed E-state index contributed by atoms with van der Waals surface area (Å²) in [6.07, 6.45) is 13.1. The van der Waals surface area contributed by atoms with Crippen molar-refractivity contribution in [2.45, 2.75) is 57.8 Å². The van der Waals surface area contributed by atoms with Crippen LogP contribution in [-0.2, 0) is 12.8 Å². The van der Waals surface area contributed by atoms with Crippen LogP contribution in [0.4, 0.5) is 8.78 Å². The molecule has 0 bridgehead atoms. The second-order valence-electron chi connectivity index (χ2n) is 8.76. The first kappa shape index (κ1) is 19.4. The van der Waals surface area contributed by atoms with E-state index in [0.717, 1.165) is 36.7 Å². The molecule has 0 aliphatic heterocycles. The zero-order chi connectivity index (χ0) is 19.5. The third-order valence-corrected chi connectivity index (χ3v) is 7.05. The molecule has 2 aliphatic carbocycles. The van der Waals surface area contributed by atoms with Crippen LogP contribution in [0.3, 0.4) is 0 Å². The molecule has 1 atom stereocenters. The predicted octanol–water partition coefficient (Wildman–Crippen LogP) is 7.51. The van der Waals surface area contributed by atoms with Gasteiger partial charge in [0.2, 0.25) is 0 Å². The van der Waals surface area contributed by atoms with E-state index in [0.29, 0.717) is 11.5 Å². The highest BCUT2D eigenvalue weighted by Gasteiger charge is 2.30. The van der Waals surface area contributed by atoms with Gasteiger partial charge in [-0.25, -0.2) is 8.78 Å². The molecular formula is C26H30F2. The van der Waals surface area contributed by atoms with Crippen molar-refractivity contribution in [3.8, 4) is 11.1 Å². The summed E-state index contributed by atoms with van der Waals surface area (Å²) in [7, 11) is 0. The maximum atomic E-state index is 14.8. The maximum absolute atomic E-state index is 14.8. The largest absolute Gasteiger partial charge is 0.207 e. The Labute approximate surface area is 167 Å². The summed E-state index contributed by atoms with van der Waals surface area (Å²) in [6.45, 7) is 3.84. The van der Waals surface area contributed by atoms with Crippen molar-refractivity contribution < 1.29 is 8.78 Å². The Morgan fingerprint density at radius 1 is 0.893 bits per heavy atom. The molecule has 0 spiro atoms. The van der Waals surface area contributed by atoms with Crippen LogP contribution < -0.4 is 0 Å². The highest BCUT2D eigenvalue weighted by Crippen LogP contribution is 2.41. The Morgan fingerprint density at radius 2 is 1.64 bits per heavy atom. The smallest absolute Gasteiger partial charge is 0.131 e. The molecule has 2 aromatic carbocycles. The van der Waals surface area contributed by atoms with Gasteiger partial charge in [0.1, 0.15) is 11.6 Å². The fourth-order valence-corrected chi connectivity index (χ4v) is 5.36. The number of fused-ring (bicyclic) bond motifs is 1. The number of rotatable bonds is 5. The number of aryl methyl sites for hydroxylation is 1. The molecular weight excluding hydrogens is 350 g/mol. The summed E-state index contributed by atoms with van der Waals surface area (Å²) in [6, 6.07) is 9.87. The van der Waals surface area contributed by atoms with Gasteiger partial charge in [0, 0.05) is 5.56 Å². The van der Waals surface area contributed by atoms with Crippen LogP contribution in [0.2, 0.25) is 0 Å². The lowest BCUT2D eigenvalue weighted by Gasteiger charge is -2.36. The Kier molecular flexibility index (Phi) is 5.94. The van der Waals surface area contributed by atoms with Crippen molar-refractivity contribution in [3.05, 3.63) is 71.8 Å². The SMILES string of the molecule is C=CCCC1CCC(C2CCc3cc(-c4ccc(F)cc4)c(F)cc3C2)CC1. The number of allylic oxidation sites excluding steroid dienone is 1. The first-order valence-electron chi connectivity index (χ1n) is 10.8. The number of hydrogen-bond donors (Lipinski definition) is 0. The van der Waals surface area contributed by atoms with E-state index in [2.05, 4.69) is 6.58 Å². The monoisotopic (exact) mass is 380 g/mol. The first-order chi connectivity index (χ1) is 13.6. The quantitative estimate of drug-likeness (QED) is 0.471. The van der Waals surface area contributed by atoms with Crippen molar-refractivity contribution >= 4 is 0 Å². The van der Waals surface area contributed by atoms with E-state index in [1.165, 1.54) is 61.8 Å². The van der Waals surface area contributed by atoms with Gasteiger partial charge in [0.25, 0.3) is 0 Å². The van der Waals surface area contributed by atoms with Crippen molar-refractivity contribution in [3.63, 3.8) is 0 Å². The predicted molar refractivity (Wildman–Crippen MR) is 112 cm³/mol. The summed E-state index contributed by atoms with van der Waals surface area (Å²) in [5, 5.41) is 0. The molecule has 28 heavy (non-hydrogen) atoms. The minimum Gasteiger partial charge on any atom is -0.207 e. The van der Waals surface area contributed by atoms with E-state index in [4.69, 9.17) is 0 Å². The van der Waals surface area contributed by atoms with Crippen molar-refractivity contribution in [2.24, 2.45) is 17.8 Å². The van der Waals surface area contributed by atoms with Gasteiger partial charge in [0.05, 0.1) is 0 Å². The van der Waals surface area contributed by atoms with Gasteiger partial charge in [-0.1, -0.05) is 31.1 Å². The lowest BCUT2D eigenvalue weighted by atomic mass is 9.69. The number of benzene rings is 2. The Bertz CT molecular complexity index is 813. The van der Waals surface area contributed by atoms with Gasteiger partial charge < -0.3 is 0 Å². The first-order valence-corrected chi connectivity index (χ1v) is 10.8. The highest BCUT2D eigenvalue weighted by atomic mass is 19.1. The van der Waals surface area contributed by atoms with Crippen molar-refractivity contribution in [2.75, 3.05) is 0 Å². The summed E-state index contributed by atoms with van der Waals surface area (Å²) < 4.78 is 28.0. The van der Waals surface area contributed by atoms with Crippen molar-refractivity contribution in [1.82, 2.24) is 0 Å². The van der Waals surface area contributed by atoms with Gasteiger partial charge in [-0.2, -0.15) is 0 Å². The second kappa shape index (κ2) is 8.59. The molecule has 0 aromatic heterocycles. The summed E-state index contributed by atoms with van der Waals surface area (Å²) in [4.78, 5) is 0. The summed E-state index contributed by atoms with van der Waals surface area (Å²) in [5.74, 6) is 1.90. The van der Waals surface area contributed by atoms with E-state index in [9.17, 15) is 8.78 Å². The lowest BCUT2D eigenvalue weighted by molar-refractivity contribution is 0.185. The highest BCUT2D eigenvalue weighted by molar-refractivity contribution is 5.66. The molecule has 4 rings (SSSR count). The summed E-state index contributed by atoms with van der Waals surface area (Å²) in [5.41, 5.74) is 3.81. The number of hydrogen-bond acceptors (Lipinski definition) is 0. The van der Waals surface area contributed by atoms with Crippen LogP contribution in [0.25, 0.3) is 11.1 Å². The molecule has 0 N–H and O–H groups in total. The lowest BCUT2D eigenvalue weighted by Crippen LogP contribution is -2.26. The average molecular weight is 381 g/mol. The van der Waals surface area contributed by atoms with E-state index < -0.39 is 0 Å². The van der Waals surface area contributed by atoms with Gasteiger partial charge in [-0.15, -0.1) is 6.58 Å². The average Bonchev–Trinajstić information content (AvgIpc) is 2.72. The van der Waals surface area contributed by atoms with E-state index >= 15 is 0 Å². The third kappa shape index (κ3) is 4.21. The molecule has 0 amide bonds. The normalized spacial score (nSPS) is 24.6. The van der Waals surface area contributed by atoms with Gasteiger partial charge in [-0.05, 0) is 104 Å². The maximum Gasteiger partial charge on any atom is 0.131 e. The zero-order valence-electron chi connectivity index (χ0n) is 16.6. The van der Waals surface area contributed by atoms with Crippen LogP contribution in [0.5, 0.6) is 0 Å². The Hall–Kier alpha value is -1.96. The molecule has 2 heteroatoms. The fourth-order valence-electron chi connectivity index (χ4n) is 5.36. The van der Waals surface area contributed by atoms with Crippen LogP contribution in [0, 0.1) is 29.4 Å². The van der Waals surface area contributed by atoms with Crippen LogP contribution in [-0.4, -0.2) is 0 Å². The molecule has 1 unspecified atom stereocenters. The minimum absolute atomic E-state index is 0.181. The molecule has 0 radical (unpaired) electrons. The van der Waals surface area contributed by atoms with Gasteiger partial charge in [-0.3, -0.25) is 0 Å². The molecule has 1 saturated carbocycles. The minimum atomic E-state index is -0.288. The fraction of sp³-hybridized carbons (Fsp3) is 0.462. The molecule has 2 aromatic rings. The molecule has 0 heterocycles.